The molecule has 4 aliphatic rings. The highest BCUT2D eigenvalue weighted by atomic mass is 32.2. The molecule has 120 valence electrons. The lowest BCUT2D eigenvalue weighted by atomic mass is 9.56. The van der Waals surface area contributed by atoms with Crippen LogP contribution >= 0.6 is 0 Å². The Morgan fingerprint density at radius 3 is 1.35 bits per heavy atom. The molecule has 5 heteroatoms. The molecule has 4 saturated carbocycles. The van der Waals surface area contributed by atoms with Crippen LogP contribution in [0.25, 0.3) is 0 Å². The second kappa shape index (κ2) is 8.35. The Bertz CT molecular complexity index is 308. The Labute approximate surface area is 124 Å². The SMILES string of the molecule is C1C2CC3CC1CC(C2)C3.CC.CCOCS(=O)(=O)[O-]. The first kappa shape index (κ1) is 17.9. The molecule has 0 aromatic rings. The van der Waals surface area contributed by atoms with E-state index in [1.54, 1.807) is 45.4 Å². The Morgan fingerprint density at radius 1 is 0.900 bits per heavy atom. The summed E-state index contributed by atoms with van der Waals surface area (Å²) < 4.78 is 33.4. The van der Waals surface area contributed by atoms with E-state index >= 15 is 0 Å². The molecular formula is C15H29O4S-. The van der Waals surface area contributed by atoms with Crippen LogP contribution in [0.3, 0.4) is 0 Å². The zero-order chi connectivity index (χ0) is 15.2. The number of hydrogen-bond donors (Lipinski definition) is 0. The van der Waals surface area contributed by atoms with E-state index in [1.165, 1.54) is 23.7 Å². The van der Waals surface area contributed by atoms with Gasteiger partial charge in [-0.15, -0.1) is 0 Å². The summed E-state index contributed by atoms with van der Waals surface area (Å²) in [6, 6.07) is 0. The summed E-state index contributed by atoms with van der Waals surface area (Å²) in [4.78, 5) is 0. The largest absolute Gasteiger partial charge is 0.746 e. The van der Waals surface area contributed by atoms with Crippen LogP contribution in [-0.4, -0.2) is 25.5 Å². The van der Waals surface area contributed by atoms with Gasteiger partial charge in [0, 0.05) is 6.61 Å². The van der Waals surface area contributed by atoms with E-state index in [0.29, 0.717) is 0 Å². The van der Waals surface area contributed by atoms with Crippen molar-refractivity contribution in [3.63, 3.8) is 0 Å². The molecular weight excluding hydrogens is 276 g/mol. The molecule has 4 nitrogen and oxygen atoms in total. The van der Waals surface area contributed by atoms with Crippen LogP contribution in [0.1, 0.15) is 59.3 Å². The summed E-state index contributed by atoms with van der Waals surface area (Å²) in [7, 11) is -4.16. The average Bonchev–Trinajstić information content (AvgIpc) is 2.37. The van der Waals surface area contributed by atoms with Gasteiger partial charge in [0.05, 0.1) is 0 Å². The van der Waals surface area contributed by atoms with Crippen LogP contribution in [0.15, 0.2) is 0 Å². The molecule has 0 spiro atoms. The average molecular weight is 305 g/mol. The van der Waals surface area contributed by atoms with Crippen molar-refractivity contribution in [2.45, 2.75) is 59.3 Å². The molecule has 20 heavy (non-hydrogen) atoms. The highest BCUT2D eigenvalue weighted by molar-refractivity contribution is 7.85. The first-order chi connectivity index (χ1) is 9.46. The van der Waals surface area contributed by atoms with Gasteiger partial charge in [-0.2, -0.15) is 0 Å². The predicted octanol–water partition coefficient (Wildman–Crippen LogP) is 3.38. The number of ether oxygens (including phenoxy) is 1. The molecule has 0 saturated heterocycles. The Hall–Kier alpha value is -0.130. The zero-order valence-electron chi connectivity index (χ0n) is 13.0. The lowest BCUT2D eigenvalue weighted by Gasteiger charge is -2.49. The van der Waals surface area contributed by atoms with Crippen LogP contribution in [0.4, 0.5) is 0 Å². The first-order valence-electron chi connectivity index (χ1n) is 7.97. The van der Waals surface area contributed by atoms with Gasteiger partial charge in [0.15, 0.2) is 0 Å². The topological polar surface area (TPSA) is 66.4 Å². The van der Waals surface area contributed by atoms with Gasteiger partial charge in [0.25, 0.3) is 0 Å². The van der Waals surface area contributed by atoms with Gasteiger partial charge in [-0.05, 0) is 69.1 Å². The Morgan fingerprint density at radius 2 is 1.20 bits per heavy atom. The van der Waals surface area contributed by atoms with Gasteiger partial charge in [-0.25, -0.2) is 8.42 Å². The minimum absolute atomic E-state index is 0.251. The van der Waals surface area contributed by atoms with Crippen LogP contribution in [-0.2, 0) is 14.9 Å². The standard InChI is InChI=1S/C10H16.C3H8O4S.C2H6/c1-7-2-9-4-8(1)5-10(3-7)6-9;1-2-7-3-8(4,5)6;1-2/h7-10H,1-6H2;2-3H2,1H3,(H,4,5,6);1-2H3/p-1. The summed E-state index contributed by atoms with van der Waals surface area (Å²) in [5.41, 5.74) is 0. The fourth-order valence-electron chi connectivity index (χ4n) is 4.17. The third-order valence-corrected chi connectivity index (χ3v) is 4.89. The van der Waals surface area contributed by atoms with Crippen molar-refractivity contribution in [1.29, 1.82) is 0 Å². The fraction of sp³-hybridized carbons (Fsp3) is 1.00. The second-order valence-electron chi connectivity index (χ2n) is 6.05. The quantitative estimate of drug-likeness (QED) is 0.750. The van der Waals surface area contributed by atoms with Crippen molar-refractivity contribution >= 4 is 10.1 Å². The summed E-state index contributed by atoms with van der Waals surface area (Å²) in [5, 5.41) is 0. The van der Waals surface area contributed by atoms with Crippen molar-refractivity contribution in [2.24, 2.45) is 23.7 Å². The highest BCUT2D eigenvalue weighted by Gasteiger charge is 2.41. The molecule has 0 aromatic carbocycles. The molecule has 0 unspecified atom stereocenters. The summed E-state index contributed by atoms with van der Waals surface area (Å²) in [6.07, 6.45) is 9.62. The Kier molecular flexibility index (Phi) is 7.48. The van der Waals surface area contributed by atoms with Crippen molar-refractivity contribution in [3.05, 3.63) is 0 Å². The zero-order valence-corrected chi connectivity index (χ0v) is 13.8. The maximum Gasteiger partial charge on any atom is 0.136 e. The van der Waals surface area contributed by atoms with Gasteiger partial charge < -0.3 is 9.29 Å². The molecule has 4 bridgehead atoms. The van der Waals surface area contributed by atoms with Crippen LogP contribution in [0.5, 0.6) is 0 Å². The minimum Gasteiger partial charge on any atom is -0.746 e. The molecule has 0 aliphatic heterocycles. The second-order valence-corrected chi connectivity index (χ2v) is 7.40. The lowest BCUT2D eigenvalue weighted by molar-refractivity contribution is 0.0198. The molecule has 0 atom stereocenters. The molecule has 4 rings (SSSR count). The third kappa shape index (κ3) is 6.10. The maximum atomic E-state index is 9.71. The molecule has 0 aromatic heterocycles. The van der Waals surface area contributed by atoms with Crippen molar-refractivity contribution in [2.75, 3.05) is 12.5 Å². The van der Waals surface area contributed by atoms with Crippen molar-refractivity contribution in [1.82, 2.24) is 0 Å². The van der Waals surface area contributed by atoms with E-state index in [1.807, 2.05) is 13.8 Å². The predicted molar refractivity (Wildman–Crippen MR) is 79.2 cm³/mol. The van der Waals surface area contributed by atoms with Gasteiger partial charge >= 0.3 is 0 Å². The van der Waals surface area contributed by atoms with E-state index in [9.17, 15) is 13.0 Å². The highest BCUT2D eigenvalue weighted by Crippen LogP contribution is 2.53. The molecule has 4 aliphatic carbocycles. The normalized spacial score (nSPS) is 33.8. The van der Waals surface area contributed by atoms with Crippen molar-refractivity contribution < 1.29 is 17.7 Å². The molecule has 0 amide bonds. The number of rotatable bonds is 3. The van der Waals surface area contributed by atoms with Gasteiger partial charge in [-0.3, -0.25) is 0 Å². The van der Waals surface area contributed by atoms with E-state index in [2.05, 4.69) is 4.74 Å². The summed E-state index contributed by atoms with van der Waals surface area (Å²) in [6.45, 7) is 5.87. The van der Waals surface area contributed by atoms with Gasteiger partial charge in [0.1, 0.15) is 16.1 Å². The monoisotopic (exact) mass is 305 g/mol. The van der Waals surface area contributed by atoms with Crippen LogP contribution in [0, 0.1) is 23.7 Å². The first-order valence-corrected chi connectivity index (χ1v) is 9.55. The fourth-order valence-corrected chi connectivity index (χ4v) is 4.54. The Balaban J connectivity index is 0.000000184. The van der Waals surface area contributed by atoms with Crippen molar-refractivity contribution in [3.8, 4) is 0 Å². The minimum atomic E-state index is -4.16. The van der Waals surface area contributed by atoms with E-state index < -0.39 is 16.1 Å². The van der Waals surface area contributed by atoms with Crippen LogP contribution < -0.4 is 0 Å². The molecule has 0 N–H and O–H groups in total. The van der Waals surface area contributed by atoms with Gasteiger partial charge in [-0.1, -0.05) is 13.8 Å². The lowest BCUT2D eigenvalue weighted by Crippen LogP contribution is -2.38. The molecule has 0 radical (unpaired) electrons. The van der Waals surface area contributed by atoms with Gasteiger partial charge in [0.2, 0.25) is 0 Å². The maximum absolute atomic E-state index is 9.71. The van der Waals surface area contributed by atoms with E-state index in [4.69, 9.17) is 0 Å². The van der Waals surface area contributed by atoms with Crippen LogP contribution in [0.2, 0.25) is 0 Å². The van der Waals surface area contributed by atoms with E-state index in [-0.39, 0.29) is 6.61 Å². The number of hydrogen-bond acceptors (Lipinski definition) is 4. The molecule has 4 fully saturated rings. The summed E-state index contributed by atoms with van der Waals surface area (Å²) in [5.74, 6) is 3.99. The third-order valence-electron chi connectivity index (χ3n) is 4.43. The smallest absolute Gasteiger partial charge is 0.136 e. The summed E-state index contributed by atoms with van der Waals surface area (Å²) >= 11 is 0. The van der Waals surface area contributed by atoms with E-state index in [0.717, 1.165) is 0 Å². The molecule has 0 heterocycles.